The van der Waals surface area contributed by atoms with Crippen LogP contribution >= 0.6 is 0 Å². The van der Waals surface area contributed by atoms with Crippen molar-refractivity contribution in [1.82, 2.24) is 14.1 Å². The third-order valence-corrected chi connectivity index (χ3v) is 5.22. The number of carbonyl (C=O) groups is 1. The maximum Gasteiger partial charge on any atom is 0.335 e. The zero-order valence-corrected chi connectivity index (χ0v) is 17.6. The van der Waals surface area contributed by atoms with Crippen molar-refractivity contribution in [1.29, 1.82) is 0 Å². The molecule has 0 amide bonds. The van der Waals surface area contributed by atoms with Crippen LogP contribution in [0.3, 0.4) is 0 Å². The number of aromatic nitrogens is 3. The van der Waals surface area contributed by atoms with Crippen LogP contribution in [0.2, 0.25) is 0 Å². The second-order valence-electron chi connectivity index (χ2n) is 9.47. The summed E-state index contributed by atoms with van der Waals surface area (Å²) in [6.45, 7) is 14.6. The topological polar surface area (TPSA) is 60.3 Å². The lowest BCUT2D eigenvalue weighted by molar-refractivity contribution is -0.128. The summed E-state index contributed by atoms with van der Waals surface area (Å²) in [5.74, 6) is 0.193. The molecule has 0 aliphatic rings. The zero-order chi connectivity index (χ0) is 21.1. The summed E-state index contributed by atoms with van der Waals surface area (Å²) in [6, 6.07) is 11.3. The van der Waals surface area contributed by atoms with Crippen LogP contribution in [0, 0.1) is 5.41 Å². The Morgan fingerprint density at radius 2 is 1.76 bits per heavy atom. The van der Waals surface area contributed by atoms with E-state index < -0.39 is 5.97 Å². The predicted molar refractivity (Wildman–Crippen MR) is 113 cm³/mol. The van der Waals surface area contributed by atoms with Crippen LogP contribution in [-0.4, -0.2) is 25.1 Å². The van der Waals surface area contributed by atoms with Gasteiger partial charge in [0.25, 0.3) is 0 Å². The van der Waals surface area contributed by atoms with Crippen LogP contribution in [0.5, 0.6) is 11.5 Å². The van der Waals surface area contributed by atoms with E-state index in [1.54, 1.807) is 18.2 Å². The van der Waals surface area contributed by atoms with Crippen LogP contribution in [0.25, 0.3) is 16.7 Å². The van der Waals surface area contributed by atoms with Crippen LogP contribution < -0.4 is 4.74 Å². The van der Waals surface area contributed by atoms with Gasteiger partial charge in [0, 0.05) is 12.1 Å². The first-order chi connectivity index (χ1) is 13.5. The van der Waals surface area contributed by atoms with Gasteiger partial charge in [-0.3, -0.25) is 0 Å². The Balaban J connectivity index is 1.72. The molecule has 0 aliphatic carbocycles. The minimum Gasteiger partial charge on any atom is -0.506 e. The number of carbonyl (C=O) groups excluding carboxylic acids is 1. The zero-order valence-electron chi connectivity index (χ0n) is 17.6. The van der Waals surface area contributed by atoms with Crippen LogP contribution in [-0.2, 0) is 10.2 Å². The van der Waals surface area contributed by atoms with Gasteiger partial charge in [-0.05, 0) is 47.1 Å². The molecule has 6 nitrogen and oxygen atoms in total. The highest BCUT2D eigenvalue weighted by atomic mass is 16.5. The van der Waals surface area contributed by atoms with E-state index in [-0.39, 0.29) is 16.6 Å². The Labute approximate surface area is 169 Å². The molecule has 0 unspecified atom stereocenters. The molecular formula is C23H27N3O3. The Kier molecular flexibility index (Phi) is 4.08. The number of ether oxygens (including phenoxy) is 1. The fourth-order valence-electron chi connectivity index (χ4n) is 4.28. The molecular weight excluding hydrogens is 366 g/mol. The number of benzene rings is 2. The van der Waals surface area contributed by atoms with Gasteiger partial charge < -0.3 is 9.84 Å². The third kappa shape index (κ3) is 3.28. The molecule has 1 N–H and O–H groups in total. The van der Waals surface area contributed by atoms with E-state index in [9.17, 15) is 9.90 Å². The highest BCUT2D eigenvalue weighted by Gasteiger charge is 2.30. The molecule has 0 bridgehead atoms. The van der Waals surface area contributed by atoms with Crippen molar-refractivity contribution in [2.75, 3.05) is 0 Å². The largest absolute Gasteiger partial charge is 0.506 e. The number of phenols is 1. The first-order valence-electron chi connectivity index (χ1n) is 9.74. The van der Waals surface area contributed by atoms with E-state index in [0.29, 0.717) is 5.75 Å². The molecule has 0 saturated carbocycles. The summed E-state index contributed by atoms with van der Waals surface area (Å²) < 4.78 is 9.09. The van der Waals surface area contributed by atoms with Crippen molar-refractivity contribution >= 4 is 17.0 Å². The summed E-state index contributed by atoms with van der Waals surface area (Å²) >= 11 is 0. The maximum absolute atomic E-state index is 11.4. The average Bonchev–Trinajstić information content (AvgIpc) is 3.27. The van der Waals surface area contributed by atoms with Crippen molar-refractivity contribution in [3.63, 3.8) is 0 Å². The SMILES string of the molecule is C=CC(=O)Oc1ccc2c(c1)n1n(-c3cc(C(C)(C)CC(C)(C)C)ccc3O)n21. The lowest BCUT2D eigenvalue weighted by Crippen LogP contribution is -2.24. The number of phenolic OH excluding ortho intramolecular Hbond substituents is 1. The van der Waals surface area contributed by atoms with Crippen LogP contribution in [0.1, 0.15) is 46.6 Å². The van der Waals surface area contributed by atoms with E-state index in [1.807, 2.05) is 26.2 Å². The van der Waals surface area contributed by atoms with Gasteiger partial charge in [-0.25, -0.2) is 4.79 Å². The monoisotopic (exact) mass is 393 g/mol. The van der Waals surface area contributed by atoms with Crippen molar-refractivity contribution in [2.24, 2.45) is 5.41 Å². The van der Waals surface area contributed by atoms with E-state index >= 15 is 0 Å². The number of fused-ring (bicyclic) bond motifs is 4. The summed E-state index contributed by atoms with van der Waals surface area (Å²) in [5, 5.41) is 10.5. The quantitative estimate of drug-likeness (QED) is 0.297. The van der Waals surface area contributed by atoms with E-state index in [2.05, 4.69) is 47.3 Å². The van der Waals surface area contributed by atoms with Gasteiger partial charge in [-0.15, -0.1) is 14.1 Å². The van der Waals surface area contributed by atoms with E-state index in [4.69, 9.17) is 4.74 Å². The second kappa shape index (κ2) is 6.17. The Morgan fingerprint density at radius 1 is 1.07 bits per heavy atom. The second-order valence-corrected chi connectivity index (χ2v) is 9.47. The maximum atomic E-state index is 11.4. The van der Waals surface area contributed by atoms with Gasteiger partial charge >= 0.3 is 5.97 Å². The van der Waals surface area contributed by atoms with Crippen molar-refractivity contribution in [2.45, 2.75) is 46.5 Å². The molecule has 0 fully saturated rings. The lowest BCUT2D eigenvalue weighted by atomic mass is 9.72. The Bertz CT molecular complexity index is 1210. The summed E-state index contributed by atoms with van der Waals surface area (Å²) in [4.78, 5) is 13.4. The molecule has 2 aromatic heterocycles. The molecule has 0 radical (unpaired) electrons. The van der Waals surface area contributed by atoms with E-state index in [0.717, 1.165) is 29.2 Å². The fraction of sp³-hybridized carbons (Fsp3) is 0.348. The van der Waals surface area contributed by atoms with Gasteiger partial charge in [0.2, 0.25) is 0 Å². The fourth-order valence-corrected chi connectivity index (χ4v) is 4.28. The van der Waals surface area contributed by atoms with E-state index in [1.165, 1.54) is 5.56 Å². The number of nitrogens with zero attached hydrogens (tertiary/aromatic N) is 3. The molecule has 6 heteroatoms. The molecule has 4 aromatic rings. The first kappa shape index (κ1) is 19.2. The van der Waals surface area contributed by atoms with Crippen molar-refractivity contribution in [3.8, 4) is 17.2 Å². The van der Waals surface area contributed by atoms with Crippen LogP contribution in [0.4, 0.5) is 0 Å². The molecule has 0 atom stereocenters. The minimum atomic E-state index is -0.491. The summed E-state index contributed by atoms with van der Waals surface area (Å²) in [7, 11) is 0. The average molecular weight is 393 g/mol. The van der Waals surface area contributed by atoms with Crippen molar-refractivity contribution in [3.05, 3.63) is 54.6 Å². The molecule has 0 aliphatic heterocycles. The number of esters is 1. The molecule has 0 saturated heterocycles. The predicted octanol–water partition coefficient (Wildman–Crippen LogP) is 4.93. The van der Waals surface area contributed by atoms with Gasteiger partial charge in [0.15, 0.2) is 0 Å². The Hall–Kier alpha value is -3.15. The molecule has 4 rings (SSSR count). The Morgan fingerprint density at radius 3 is 2.41 bits per heavy atom. The molecule has 0 spiro atoms. The van der Waals surface area contributed by atoms with Gasteiger partial charge in [0.05, 0.1) is 0 Å². The minimum absolute atomic E-state index is 0.0284. The number of hydrogen-bond acceptors (Lipinski definition) is 3. The van der Waals surface area contributed by atoms with Gasteiger partial charge in [0.1, 0.15) is 28.2 Å². The standard InChI is InChI=1S/C23H27N3O3/c1-7-21(28)29-16-9-10-17-18(13-16)25-24(17)26(25)19-12-15(8-11-20(19)27)23(5,6)14-22(2,3)4/h7-13,27H,1,14H2,2-6H3. The number of rotatable bonds is 5. The molecule has 152 valence electrons. The van der Waals surface area contributed by atoms with Gasteiger partial charge in [-0.1, -0.05) is 47.3 Å². The highest BCUT2D eigenvalue weighted by Crippen LogP contribution is 2.39. The smallest absolute Gasteiger partial charge is 0.335 e. The molecule has 2 aromatic carbocycles. The highest BCUT2D eigenvalue weighted by molar-refractivity contribution is 5.86. The summed E-state index contributed by atoms with van der Waals surface area (Å²) in [6.07, 6.45) is 2.16. The van der Waals surface area contributed by atoms with Gasteiger partial charge in [-0.2, -0.15) is 0 Å². The molecule has 2 heterocycles. The lowest BCUT2D eigenvalue weighted by Gasteiger charge is -2.33. The number of hydrogen-bond donors (Lipinski definition) is 1. The molecule has 29 heavy (non-hydrogen) atoms. The third-order valence-electron chi connectivity index (χ3n) is 5.22. The first-order valence-corrected chi connectivity index (χ1v) is 9.74. The normalized spacial score (nSPS) is 12.9. The van der Waals surface area contributed by atoms with Crippen LogP contribution in [0.15, 0.2) is 49.1 Å². The van der Waals surface area contributed by atoms with Crippen molar-refractivity contribution < 1.29 is 14.6 Å². The number of aromatic hydroxyl groups is 1. The summed E-state index contributed by atoms with van der Waals surface area (Å²) in [5.41, 5.74) is 3.98.